The molecule has 6 heteroatoms. The molecule has 6 nitrogen and oxygen atoms in total. The molecule has 0 saturated carbocycles. The minimum atomic E-state index is -0.682. The van der Waals surface area contributed by atoms with Gasteiger partial charge in [0.25, 0.3) is 5.91 Å². The Labute approximate surface area is 109 Å². The summed E-state index contributed by atoms with van der Waals surface area (Å²) in [5.74, 6) is -0.988. The summed E-state index contributed by atoms with van der Waals surface area (Å²) in [7, 11) is 0. The first kappa shape index (κ1) is 12.8. The highest BCUT2D eigenvalue weighted by Crippen LogP contribution is 2.15. The summed E-state index contributed by atoms with van der Waals surface area (Å²) >= 11 is 0. The highest BCUT2D eigenvalue weighted by molar-refractivity contribution is 5.91. The van der Waals surface area contributed by atoms with Crippen LogP contribution in [0, 0.1) is 17.0 Å². The van der Waals surface area contributed by atoms with E-state index in [0.29, 0.717) is 6.54 Å². The van der Waals surface area contributed by atoms with Crippen LogP contribution < -0.4 is 5.32 Å². The topological polar surface area (TPSA) is 85.4 Å². The predicted molar refractivity (Wildman–Crippen MR) is 67.7 cm³/mol. The minimum Gasteiger partial charge on any atom is -0.395 e. The SMILES string of the molecule is Cc1ccccc1CNC(=O)c1ccc([N+](=O)[O-])o1. The summed E-state index contributed by atoms with van der Waals surface area (Å²) in [6.07, 6.45) is 0. The molecule has 1 aromatic carbocycles. The van der Waals surface area contributed by atoms with E-state index in [2.05, 4.69) is 5.32 Å². The normalized spacial score (nSPS) is 10.2. The van der Waals surface area contributed by atoms with E-state index in [1.54, 1.807) is 0 Å². The molecule has 0 spiro atoms. The van der Waals surface area contributed by atoms with Crippen molar-refractivity contribution in [3.63, 3.8) is 0 Å². The fourth-order valence-electron chi connectivity index (χ4n) is 1.62. The van der Waals surface area contributed by atoms with Gasteiger partial charge in [-0.25, -0.2) is 0 Å². The molecule has 1 aromatic heterocycles. The van der Waals surface area contributed by atoms with Crippen molar-refractivity contribution in [3.8, 4) is 0 Å². The van der Waals surface area contributed by atoms with Gasteiger partial charge in [-0.05, 0) is 24.1 Å². The molecule has 1 amide bonds. The van der Waals surface area contributed by atoms with Crippen molar-refractivity contribution in [3.05, 3.63) is 63.4 Å². The lowest BCUT2D eigenvalue weighted by molar-refractivity contribution is -0.402. The van der Waals surface area contributed by atoms with Gasteiger partial charge in [0.15, 0.2) is 5.76 Å². The molecule has 0 fully saturated rings. The van der Waals surface area contributed by atoms with Crippen LogP contribution in [-0.2, 0) is 6.54 Å². The van der Waals surface area contributed by atoms with E-state index < -0.39 is 16.7 Å². The number of nitro groups is 1. The van der Waals surface area contributed by atoms with Gasteiger partial charge < -0.3 is 9.73 Å². The van der Waals surface area contributed by atoms with Gasteiger partial charge in [0.1, 0.15) is 4.92 Å². The molecule has 0 bridgehead atoms. The Bertz CT molecular complexity index is 619. The summed E-state index contributed by atoms with van der Waals surface area (Å²) in [4.78, 5) is 21.5. The Kier molecular flexibility index (Phi) is 3.61. The Hall–Kier alpha value is -2.63. The number of nitrogens with zero attached hydrogens (tertiary/aromatic N) is 1. The maximum Gasteiger partial charge on any atom is 0.433 e. The van der Waals surface area contributed by atoms with E-state index in [1.807, 2.05) is 31.2 Å². The monoisotopic (exact) mass is 260 g/mol. The average molecular weight is 260 g/mol. The number of rotatable bonds is 4. The summed E-state index contributed by atoms with van der Waals surface area (Å²) in [5, 5.41) is 13.1. The molecule has 0 saturated heterocycles. The first-order chi connectivity index (χ1) is 9.08. The Morgan fingerprint density at radius 3 is 2.68 bits per heavy atom. The molecule has 19 heavy (non-hydrogen) atoms. The molecule has 0 radical (unpaired) electrons. The molecule has 1 N–H and O–H groups in total. The lowest BCUT2D eigenvalue weighted by atomic mass is 10.1. The molecule has 98 valence electrons. The van der Waals surface area contributed by atoms with Gasteiger partial charge in [-0.3, -0.25) is 14.9 Å². The van der Waals surface area contributed by atoms with Gasteiger partial charge in [-0.1, -0.05) is 24.3 Å². The number of aryl methyl sites for hydroxylation is 1. The van der Waals surface area contributed by atoms with Crippen LogP contribution in [0.5, 0.6) is 0 Å². The second kappa shape index (κ2) is 5.34. The molecule has 0 aliphatic rings. The summed E-state index contributed by atoms with van der Waals surface area (Å²) in [5.41, 5.74) is 2.05. The van der Waals surface area contributed by atoms with Crippen LogP contribution in [0.25, 0.3) is 0 Å². The summed E-state index contributed by atoms with van der Waals surface area (Å²) in [6, 6.07) is 10.1. The van der Waals surface area contributed by atoms with E-state index in [4.69, 9.17) is 4.42 Å². The zero-order valence-corrected chi connectivity index (χ0v) is 10.3. The second-order valence-corrected chi connectivity index (χ2v) is 4.00. The van der Waals surface area contributed by atoms with Crippen LogP contribution in [0.15, 0.2) is 40.8 Å². The van der Waals surface area contributed by atoms with E-state index in [1.165, 1.54) is 6.07 Å². The Balaban J connectivity index is 2.01. The zero-order chi connectivity index (χ0) is 13.8. The van der Waals surface area contributed by atoms with Crippen molar-refractivity contribution in [2.45, 2.75) is 13.5 Å². The highest BCUT2D eigenvalue weighted by Gasteiger charge is 2.16. The standard InChI is InChI=1S/C13H12N2O4/c1-9-4-2-3-5-10(9)8-14-13(16)11-6-7-12(19-11)15(17)18/h2-7H,8H2,1H3,(H,14,16). The van der Waals surface area contributed by atoms with Crippen LogP contribution in [0.1, 0.15) is 21.7 Å². The van der Waals surface area contributed by atoms with Crippen LogP contribution in [0.4, 0.5) is 5.88 Å². The van der Waals surface area contributed by atoms with E-state index in [-0.39, 0.29) is 5.76 Å². The summed E-state index contributed by atoms with van der Waals surface area (Å²) < 4.78 is 4.81. The fourth-order valence-corrected chi connectivity index (χ4v) is 1.62. The first-order valence-electron chi connectivity index (χ1n) is 5.65. The molecule has 0 unspecified atom stereocenters. The number of hydrogen-bond acceptors (Lipinski definition) is 4. The molecule has 2 aromatic rings. The van der Waals surface area contributed by atoms with Crippen LogP contribution in [0.3, 0.4) is 0 Å². The van der Waals surface area contributed by atoms with Crippen molar-refractivity contribution >= 4 is 11.8 Å². The van der Waals surface area contributed by atoms with Crippen molar-refractivity contribution in [1.29, 1.82) is 0 Å². The number of nitrogens with one attached hydrogen (secondary N) is 1. The number of furan rings is 1. The highest BCUT2D eigenvalue weighted by atomic mass is 16.6. The summed E-state index contributed by atoms with van der Waals surface area (Å²) in [6.45, 7) is 2.29. The minimum absolute atomic E-state index is 0.0692. The van der Waals surface area contributed by atoms with Crippen LogP contribution >= 0.6 is 0 Å². The van der Waals surface area contributed by atoms with Gasteiger partial charge >= 0.3 is 5.88 Å². The van der Waals surface area contributed by atoms with Crippen molar-refractivity contribution in [2.75, 3.05) is 0 Å². The number of carbonyl (C=O) groups excluding carboxylic acids is 1. The Morgan fingerprint density at radius 1 is 1.32 bits per heavy atom. The largest absolute Gasteiger partial charge is 0.433 e. The van der Waals surface area contributed by atoms with Gasteiger partial charge in [-0.15, -0.1) is 0 Å². The van der Waals surface area contributed by atoms with Crippen molar-refractivity contribution in [1.82, 2.24) is 5.32 Å². The average Bonchev–Trinajstić information content (AvgIpc) is 2.87. The first-order valence-corrected chi connectivity index (χ1v) is 5.65. The van der Waals surface area contributed by atoms with Crippen LogP contribution in [0.2, 0.25) is 0 Å². The molecule has 1 heterocycles. The van der Waals surface area contributed by atoms with E-state index in [9.17, 15) is 14.9 Å². The lowest BCUT2D eigenvalue weighted by Gasteiger charge is -2.06. The smallest absolute Gasteiger partial charge is 0.395 e. The number of carbonyl (C=O) groups is 1. The zero-order valence-electron chi connectivity index (χ0n) is 10.3. The third kappa shape index (κ3) is 2.98. The molecule has 2 rings (SSSR count). The molecule has 0 aliphatic carbocycles. The van der Waals surface area contributed by atoms with Crippen molar-refractivity contribution < 1.29 is 14.1 Å². The van der Waals surface area contributed by atoms with E-state index >= 15 is 0 Å². The Morgan fingerprint density at radius 2 is 2.05 bits per heavy atom. The molecule has 0 atom stereocenters. The predicted octanol–water partition coefficient (Wildman–Crippen LogP) is 2.43. The van der Waals surface area contributed by atoms with Crippen molar-refractivity contribution in [2.24, 2.45) is 0 Å². The van der Waals surface area contributed by atoms with Gasteiger partial charge in [0.05, 0.1) is 6.07 Å². The molecular formula is C13H12N2O4. The van der Waals surface area contributed by atoms with E-state index in [0.717, 1.165) is 17.2 Å². The van der Waals surface area contributed by atoms with Gasteiger partial charge in [0.2, 0.25) is 0 Å². The quantitative estimate of drug-likeness (QED) is 0.675. The molecular weight excluding hydrogens is 248 g/mol. The third-order valence-electron chi connectivity index (χ3n) is 2.70. The number of hydrogen-bond donors (Lipinski definition) is 1. The third-order valence-corrected chi connectivity index (χ3v) is 2.70. The van der Waals surface area contributed by atoms with Gasteiger partial charge in [0, 0.05) is 6.54 Å². The molecule has 0 aliphatic heterocycles. The lowest BCUT2D eigenvalue weighted by Crippen LogP contribution is -2.22. The van der Waals surface area contributed by atoms with Gasteiger partial charge in [-0.2, -0.15) is 0 Å². The number of amides is 1. The fraction of sp³-hybridized carbons (Fsp3) is 0.154. The second-order valence-electron chi connectivity index (χ2n) is 4.00. The number of benzene rings is 1. The maximum absolute atomic E-state index is 11.7. The van der Waals surface area contributed by atoms with Crippen LogP contribution in [-0.4, -0.2) is 10.8 Å². The maximum atomic E-state index is 11.7.